The summed E-state index contributed by atoms with van der Waals surface area (Å²) >= 11 is 0. The van der Waals surface area contributed by atoms with E-state index in [0.717, 1.165) is 30.9 Å². The summed E-state index contributed by atoms with van der Waals surface area (Å²) in [4.78, 5) is 14.8. The maximum Gasteiger partial charge on any atom is 0.309 e. The lowest BCUT2D eigenvalue weighted by molar-refractivity contribution is -0.219. The minimum atomic E-state index is -0.966. The van der Waals surface area contributed by atoms with Gasteiger partial charge in [-0.15, -0.1) is 12.4 Å². The Hall–Kier alpha value is -1.76. The third kappa shape index (κ3) is 1.77. The number of halogens is 1. The fourth-order valence-corrected chi connectivity index (χ4v) is 7.49. The van der Waals surface area contributed by atoms with Crippen LogP contribution < -0.4 is 9.47 Å². The van der Waals surface area contributed by atoms with Gasteiger partial charge in [0, 0.05) is 24.1 Å². The molecule has 6 nitrogen and oxygen atoms in total. The standard InChI is InChI=1S/C22H25NO5.ClH/c1-23-9-8-21-16-12-4-5-14(26-2)17(16)28-19(21)22(27-3)7-6-20(21,15(23)10-12)11-13(22)18(24)25;/h4-7,13,15,19H,8-11H2,1-3H3,(H,24,25);1H/t13?,15?,19-,20-,21?,22-;/m1./s1. The number of piperidine rings is 1. The van der Waals surface area contributed by atoms with E-state index in [1.54, 1.807) is 14.2 Å². The number of hydrogen-bond donors (Lipinski definition) is 1. The summed E-state index contributed by atoms with van der Waals surface area (Å²) in [5, 5.41) is 10.1. The molecule has 2 aliphatic heterocycles. The zero-order valence-corrected chi connectivity index (χ0v) is 17.6. The zero-order chi connectivity index (χ0) is 19.5. The predicted octanol–water partition coefficient (Wildman–Crippen LogP) is 2.42. The summed E-state index contributed by atoms with van der Waals surface area (Å²) in [7, 11) is 5.45. The van der Waals surface area contributed by atoms with Gasteiger partial charge in [-0.1, -0.05) is 18.2 Å². The van der Waals surface area contributed by atoms with Crippen LogP contribution in [0.1, 0.15) is 24.0 Å². The Morgan fingerprint density at radius 3 is 2.79 bits per heavy atom. The first-order chi connectivity index (χ1) is 13.4. The van der Waals surface area contributed by atoms with Crippen LogP contribution in [0, 0.1) is 11.3 Å². The van der Waals surface area contributed by atoms with Crippen LogP contribution >= 0.6 is 12.4 Å². The van der Waals surface area contributed by atoms with Gasteiger partial charge in [-0.05, 0) is 44.5 Å². The van der Waals surface area contributed by atoms with Gasteiger partial charge in [0.25, 0.3) is 0 Å². The normalized spacial score (nSPS) is 42.7. The van der Waals surface area contributed by atoms with Crippen molar-refractivity contribution in [3.05, 3.63) is 35.4 Å². The molecule has 1 saturated heterocycles. The summed E-state index contributed by atoms with van der Waals surface area (Å²) in [6.07, 6.45) is 6.35. The van der Waals surface area contributed by atoms with Gasteiger partial charge in [-0.3, -0.25) is 4.79 Å². The number of fused-ring (bicyclic) bond motifs is 1. The van der Waals surface area contributed by atoms with E-state index in [0.29, 0.717) is 6.42 Å². The molecular formula is C22H26ClNO5. The van der Waals surface area contributed by atoms with E-state index in [-0.39, 0.29) is 35.4 Å². The molecule has 156 valence electrons. The van der Waals surface area contributed by atoms with Crippen molar-refractivity contribution in [2.24, 2.45) is 11.3 Å². The lowest BCUT2D eigenvalue weighted by atomic mass is 9.37. The van der Waals surface area contributed by atoms with Crippen molar-refractivity contribution < 1.29 is 24.1 Å². The number of carbonyl (C=O) groups is 1. The van der Waals surface area contributed by atoms with Crippen LogP contribution in [0.3, 0.4) is 0 Å². The number of ether oxygens (including phenoxy) is 3. The molecule has 4 bridgehead atoms. The van der Waals surface area contributed by atoms with Crippen LogP contribution in [0.2, 0.25) is 0 Å². The molecule has 29 heavy (non-hydrogen) atoms. The summed E-state index contributed by atoms with van der Waals surface area (Å²) in [5.41, 5.74) is 1.05. The minimum absolute atomic E-state index is 0. The van der Waals surface area contributed by atoms with E-state index in [9.17, 15) is 9.90 Å². The molecule has 6 aliphatic rings. The Bertz CT molecular complexity index is 949. The van der Waals surface area contributed by atoms with Gasteiger partial charge >= 0.3 is 5.97 Å². The topological polar surface area (TPSA) is 68.2 Å². The predicted molar refractivity (Wildman–Crippen MR) is 108 cm³/mol. The van der Waals surface area contributed by atoms with E-state index in [1.807, 2.05) is 12.1 Å². The molecular weight excluding hydrogens is 394 g/mol. The molecule has 1 saturated carbocycles. The Labute approximate surface area is 176 Å². The Morgan fingerprint density at radius 2 is 2.10 bits per heavy atom. The molecule has 6 atom stereocenters. The second-order valence-electron chi connectivity index (χ2n) is 9.08. The van der Waals surface area contributed by atoms with Crippen molar-refractivity contribution in [2.75, 3.05) is 27.8 Å². The van der Waals surface area contributed by atoms with Crippen molar-refractivity contribution in [3.8, 4) is 11.5 Å². The lowest BCUT2D eigenvalue weighted by Gasteiger charge is -2.70. The first kappa shape index (κ1) is 19.2. The third-order valence-electron chi connectivity index (χ3n) is 8.58. The van der Waals surface area contributed by atoms with Crippen LogP contribution in [0.25, 0.3) is 0 Å². The van der Waals surface area contributed by atoms with Gasteiger partial charge in [0.2, 0.25) is 0 Å². The van der Waals surface area contributed by atoms with Crippen molar-refractivity contribution >= 4 is 18.4 Å². The number of nitrogens with zero attached hydrogens (tertiary/aromatic N) is 1. The molecule has 7 rings (SSSR count). The van der Waals surface area contributed by atoms with Crippen molar-refractivity contribution in [1.82, 2.24) is 4.90 Å². The number of benzene rings is 1. The van der Waals surface area contributed by atoms with Gasteiger partial charge in [0.15, 0.2) is 11.5 Å². The van der Waals surface area contributed by atoms with Crippen LogP contribution in [0.15, 0.2) is 24.3 Å². The average molecular weight is 420 g/mol. The highest BCUT2D eigenvalue weighted by molar-refractivity contribution is 5.85. The molecule has 2 heterocycles. The van der Waals surface area contributed by atoms with E-state index < -0.39 is 17.5 Å². The Balaban J connectivity index is 0.00000181. The van der Waals surface area contributed by atoms with Crippen LogP contribution in [0.4, 0.5) is 0 Å². The summed E-state index contributed by atoms with van der Waals surface area (Å²) < 4.78 is 18.3. The number of methoxy groups -OCH3 is 2. The van der Waals surface area contributed by atoms with Crippen molar-refractivity contribution in [3.63, 3.8) is 0 Å². The Morgan fingerprint density at radius 1 is 1.31 bits per heavy atom. The van der Waals surface area contributed by atoms with E-state index in [4.69, 9.17) is 14.2 Å². The fraction of sp³-hybridized carbons (Fsp3) is 0.591. The van der Waals surface area contributed by atoms with Gasteiger partial charge in [-0.25, -0.2) is 0 Å². The maximum absolute atomic E-state index is 12.4. The van der Waals surface area contributed by atoms with Crippen molar-refractivity contribution in [1.29, 1.82) is 0 Å². The third-order valence-corrected chi connectivity index (χ3v) is 8.58. The summed E-state index contributed by atoms with van der Waals surface area (Å²) in [6.45, 7) is 0.966. The minimum Gasteiger partial charge on any atom is -0.493 e. The second-order valence-corrected chi connectivity index (χ2v) is 9.08. The van der Waals surface area contributed by atoms with Crippen LogP contribution in [-0.4, -0.2) is 61.5 Å². The number of hydrogen-bond acceptors (Lipinski definition) is 5. The lowest BCUT2D eigenvalue weighted by Crippen LogP contribution is -2.79. The molecule has 0 amide bonds. The number of likely N-dealkylation sites (N-methyl/N-ethyl adjacent to an activating group) is 1. The van der Waals surface area contributed by atoms with Gasteiger partial charge in [-0.2, -0.15) is 0 Å². The number of rotatable bonds is 3. The van der Waals surface area contributed by atoms with E-state index >= 15 is 0 Å². The number of likely N-dealkylation sites (tertiary alicyclic amines) is 1. The molecule has 3 unspecified atom stereocenters. The quantitative estimate of drug-likeness (QED) is 0.759. The van der Waals surface area contributed by atoms with Gasteiger partial charge < -0.3 is 24.2 Å². The molecule has 2 fully saturated rings. The smallest absolute Gasteiger partial charge is 0.309 e. The molecule has 1 aromatic rings. The molecule has 2 spiro atoms. The van der Waals surface area contributed by atoms with Crippen LogP contribution in [0.5, 0.6) is 11.5 Å². The molecule has 0 radical (unpaired) electrons. The maximum atomic E-state index is 12.4. The zero-order valence-electron chi connectivity index (χ0n) is 16.8. The van der Waals surface area contributed by atoms with Gasteiger partial charge in [0.1, 0.15) is 11.7 Å². The fourth-order valence-electron chi connectivity index (χ4n) is 7.49. The Kier molecular flexibility index (Phi) is 3.77. The number of carboxylic acids is 1. The largest absolute Gasteiger partial charge is 0.493 e. The number of aliphatic carboxylic acids is 1. The van der Waals surface area contributed by atoms with Crippen LogP contribution in [-0.2, 0) is 21.4 Å². The summed E-state index contributed by atoms with van der Waals surface area (Å²) in [5.74, 6) is 0.0936. The SMILES string of the molecule is COc1ccc2c3c1O[C@@H]1C34CCN(C)C(C2)[C@]42C=C[C@@]1(OC)C(C(=O)O)C2.Cl. The summed E-state index contributed by atoms with van der Waals surface area (Å²) in [6, 6.07) is 4.41. The van der Waals surface area contributed by atoms with Crippen molar-refractivity contribution in [2.45, 2.75) is 42.4 Å². The average Bonchev–Trinajstić information content (AvgIpc) is 3.07. The molecule has 1 aromatic carbocycles. The van der Waals surface area contributed by atoms with E-state index in [2.05, 4.69) is 24.1 Å². The highest BCUT2D eigenvalue weighted by atomic mass is 35.5. The first-order valence-corrected chi connectivity index (χ1v) is 10.0. The molecule has 4 aliphatic carbocycles. The molecule has 7 heteroatoms. The number of carboxylic acid groups (broad SMARTS) is 1. The molecule has 1 N–H and O–H groups in total. The second kappa shape index (κ2) is 5.68. The highest BCUT2D eigenvalue weighted by Gasteiger charge is 2.79. The monoisotopic (exact) mass is 419 g/mol. The highest BCUT2D eigenvalue weighted by Crippen LogP contribution is 2.74. The van der Waals surface area contributed by atoms with Gasteiger partial charge in [0.05, 0.1) is 18.4 Å². The molecule has 0 aromatic heterocycles. The van der Waals surface area contributed by atoms with E-state index in [1.165, 1.54) is 11.1 Å². The first-order valence-electron chi connectivity index (χ1n) is 10.0.